The van der Waals surface area contributed by atoms with E-state index in [0.29, 0.717) is 6.04 Å². The number of thiazole rings is 1. The molecule has 2 saturated heterocycles. The Hall–Kier alpha value is -0.810. The van der Waals surface area contributed by atoms with Crippen molar-refractivity contribution in [2.75, 3.05) is 24.1 Å². The van der Waals surface area contributed by atoms with E-state index in [1.165, 1.54) is 32.4 Å². The highest BCUT2D eigenvalue weighted by molar-refractivity contribution is 7.19. The largest absolute Gasteiger partial charge is 0.389 e. The molecule has 0 amide bonds. The first-order chi connectivity index (χ1) is 7.33. The molecule has 0 aliphatic carbocycles. The van der Waals surface area contributed by atoms with Crippen LogP contribution in [0.2, 0.25) is 0 Å². The van der Waals surface area contributed by atoms with E-state index in [4.69, 9.17) is 5.73 Å². The van der Waals surface area contributed by atoms with Crippen LogP contribution in [0.1, 0.15) is 19.3 Å². The van der Waals surface area contributed by atoms with Crippen LogP contribution in [0.3, 0.4) is 0 Å². The van der Waals surface area contributed by atoms with E-state index in [1.807, 2.05) is 0 Å². The maximum atomic E-state index is 5.67. The molecular formula is C10H16N4S. The van der Waals surface area contributed by atoms with Crippen molar-refractivity contribution in [2.45, 2.75) is 31.3 Å². The van der Waals surface area contributed by atoms with Gasteiger partial charge in [0.25, 0.3) is 0 Å². The first-order valence-corrected chi connectivity index (χ1v) is 6.36. The molecule has 0 aromatic carbocycles. The fraction of sp³-hybridized carbons (Fsp3) is 0.700. The highest BCUT2D eigenvalue weighted by Crippen LogP contribution is 2.31. The summed E-state index contributed by atoms with van der Waals surface area (Å²) in [5, 5.41) is 5.29. The van der Waals surface area contributed by atoms with Gasteiger partial charge >= 0.3 is 0 Å². The number of fused-ring (bicyclic) bond motifs is 1. The maximum absolute atomic E-state index is 5.67. The van der Waals surface area contributed by atoms with Gasteiger partial charge in [0.1, 0.15) is 5.00 Å². The van der Waals surface area contributed by atoms with Crippen LogP contribution in [0.4, 0.5) is 10.1 Å². The number of nitrogens with one attached hydrogen (secondary N) is 1. The van der Waals surface area contributed by atoms with Crippen LogP contribution in [-0.4, -0.2) is 35.1 Å². The van der Waals surface area contributed by atoms with E-state index in [1.54, 1.807) is 17.5 Å². The summed E-state index contributed by atoms with van der Waals surface area (Å²) in [4.78, 5) is 6.85. The van der Waals surface area contributed by atoms with Crippen molar-refractivity contribution in [1.82, 2.24) is 9.88 Å². The Balaban J connectivity index is 1.68. The predicted molar refractivity (Wildman–Crippen MR) is 63.1 cm³/mol. The summed E-state index contributed by atoms with van der Waals surface area (Å²) >= 11 is 1.55. The van der Waals surface area contributed by atoms with Crippen LogP contribution in [-0.2, 0) is 0 Å². The molecule has 0 saturated carbocycles. The minimum Gasteiger partial charge on any atom is -0.389 e. The van der Waals surface area contributed by atoms with Crippen LogP contribution in [0.15, 0.2) is 6.20 Å². The van der Waals surface area contributed by atoms with Gasteiger partial charge in [-0.05, 0) is 25.8 Å². The van der Waals surface area contributed by atoms with Crippen molar-refractivity contribution in [3.63, 3.8) is 0 Å². The standard InChI is InChI=1S/C10H16N4S/c11-9-6-12-10(15-9)13-7-3-5-14-4-1-2-8(7)14/h6-8H,1-5,11H2,(H,12,13). The lowest BCUT2D eigenvalue weighted by molar-refractivity contribution is 0.318. The van der Waals surface area contributed by atoms with Crippen molar-refractivity contribution in [3.05, 3.63) is 6.20 Å². The summed E-state index contributed by atoms with van der Waals surface area (Å²) in [6, 6.07) is 1.31. The maximum Gasteiger partial charge on any atom is 0.184 e. The Morgan fingerprint density at radius 2 is 2.40 bits per heavy atom. The molecule has 1 aromatic heterocycles. The van der Waals surface area contributed by atoms with E-state index >= 15 is 0 Å². The fourth-order valence-corrected chi connectivity index (χ4v) is 3.41. The van der Waals surface area contributed by atoms with Gasteiger partial charge in [-0.1, -0.05) is 11.3 Å². The Morgan fingerprint density at radius 3 is 3.20 bits per heavy atom. The minimum atomic E-state index is 0.582. The molecule has 3 N–H and O–H groups in total. The fourth-order valence-electron chi connectivity index (χ4n) is 2.76. The second-order valence-corrected chi connectivity index (χ2v) is 5.42. The molecule has 2 unspecified atom stereocenters. The third-order valence-electron chi connectivity index (χ3n) is 3.44. The summed E-state index contributed by atoms with van der Waals surface area (Å²) in [7, 11) is 0. The molecule has 82 valence electrons. The predicted octanol–water partition coefficient (Wildman–Crippen LogP) is 1.37. The lowest BCUT2D eigenvalue weighted by atomic mass is 10.1. The SMILES string of the molecule is Nc1cnc(NC2CCN3CCCC23)s1. The summed E-state index contributed by atoms with van der Waals surface area (Å²) < 4.78 is 0. The van der Waals surface area contributed by atoms with Crippen LogP contribution in [0.5, 0.6) is 0 Å². The van der Waals surface area contributed by atoms with Crippen molar-refractivity contribution in [3.8, 4) is 0 Å². The second kappa shape index (κ2) is 3.64. The number of nitrogens with zero attached hydrogens (tertiary/aromatic N) is 2. The van der Waals surface area contributed by atoms with Gasteiger partial charge in [0, 0.05) is 18.6 Å². The van der Waals surface area contributed by atoms with Gasteiger partial charge in [-0.2, -0.15) is 0 Å². The molecular weight excluding hydrogens is 208 g/mol. The van der Waals surface area contributed by atoms with Gasteiger partial charge in [-0.15, -0.1) is 0 Å². The van der Waals surface area contributed by atoms with Crippen molar-refractivity contribution < 1.29 is 0 Å². The second-order valence-electron chi connectivity index (χ2n) is 4.35. The number of rotatable bonds is 2. The molecule has 5 heteroatoms. The molecule has 3 rings (SSSR count). The lowest BCUT2D eigenvalue weighted by Gasteiger charge is -2.20. The van der Waals surface area contributed by atoms with Gasteiger partial charge in [0.15, 0.2) is 5.13 Å². The average Bonchev–Trinajstić information content (AvgIpc) is 2.85. The monoisotopic (exact) mass is 224 g/mol. The zero-order valence-electron chi connectivity index (χ0n) is 8.65. The van der Waals surface area contributed by atoms with Crippen LogP contribution >= 0.6 is 11.3 Å². The molecule has 0 radical (unpaired) electrons. The number of hydrogen-bond acceptors (Lipinski definition) is 5. The molecule has 3 heterocycles. The van der Waals surface area contributed by atoms with Crippen LogP contribution < -0.4 is 11.1 Å². The molecule has 4 nitrogen and oxygen atoms in total. The molecule has 15 heavy (non-hydrogen) atoms. The molecule has 0 spiro atoms. The zero-order chi connectivity index (χ0) is 10.3. The highest BCUT2D eigenvalue weighted by atomic mass is 32.1. The first-order valence-electron chi connectivity index (χ1n) is 5.55. The van der Waals surface area contributed by atoms with E-state index < -0.39 is 0 Å². The Bertz CT molecular complexity index is 351. The average molecular weight is 224 g/mol. The van der Waals surface area contributed by atoms with Crippen molar-refractivity contribution in [2.24, 2.45) is 0 Å². The molecule has 0 bridgehead atoms. The summed E-state index contributed by atoms with van der Waals surface area (Å²) in [6.07, 6.45) is 5.65. The van der Waals surface area contributed by atoms with Crippen LogP contribution in [0, 0.1) is 0 Å². The zero-order valence-corrected chi connectivity index (χ0v) is 9.46. The molecule has 2 fully saturated rings. The van der Waals surface area contributed by atoms with E-state index in [2.05, 4.69) is 15.2 Å². The quantitative estimate of drug-likeness (QED) is 0.796. The van der Waals surface area contributed by atoms with Gasteiger partial charge < -0.3 is 11.1 Å². The highest BCUT2D eigenvalue weighted by Gasteiger charge is 2.37. The number of aromatic nitrogens is 1. The Labute approximate surface area is 93.5 Å². The third kappa shape index (κ3) is 1.70. The normalized spacial score (nSPS) is 30.7. The number of nitrogen functional groups attached to an aromatic ring is 1. The number of anilines is 2. The Morgan fingerprint density at radius 1 is 1.47 bits per heavy atom. The summed E-state index contributed by atoms with van der Waals surface area (Å²) in [5.74, 6) is 0. The number of hydrogen-bond donors (Lipinski definition) is 2. The van der Waals surface area contributed by atoms with Crippen LogP contribution in [0.25, 0.3) is 0 Å². The van der Waals surface area contributed by atoms with E-state index in [9.17, 15) is 0 Å². The summed E-state index contributed by atoms with van der Waals surface area (Å²) in [5.41, 5.74) is 5.67. The number of nitrogens with two attached hydrogens (primary N) is 1. The Kier molecular flexibility index (Phi) is 2.29. The van der Waals surface area contributed by atoms with Gasteiger partial charge in [0.05, 0.1) is 6.20 Å². The molecule has 2 aliphatic heterocycles. The van der Waals surface area contributed by atoms with Gasteiger partial charge in [-0.25, -0.2) is 4.98 Å². The van der Waals surface area contributed by atoms with Gasteiger partial charge in [-0.3, -0.25) is 4.90 Å². The van der Waals surface area contributed by atoms with Crippen molar-refractivity contribution >= 4 is 21.5 Å². The van der Waals surface area contributed by atoms with E-state index in [0.717, 1.165) is 16.2 Å². The smallest absolute Gasteiger partial charge is 0.184 e. The first kappa shape index (κ1) is 9.42. The molecule has 2 atom stereocenters. The molecule has 2 aliphatic rings. The van der Waals surface area contributed by atoms with Gasteiger partial charge in [0.2, 0.25) is 0 Å². The third-order valence-corrected chi connectivity index (χ3v) is 4.20. The van der Waals surface area contributed by atoms with E-state index in [-0.39, 0.29) is 0 Å². The van der Waals surface area contributed by atoms with Crippen molar-refractivity contribution in [1.29, 1.82) is 0 Å². The lowest BCUT2D eigenvalue weighted by Crippen LogP contribution is -2.33. The summed E-state index contributed by atoms with van der Waals surface area (Å²) in [6.45, 7) is 2.52. The topological polar surface area (TPSA) is 54.2 Å². The minimum absolute atomic E-state index is 0.582. The molecule has 1 aromatic rings.